The number of hydrogen-bond acceptors (Lipinski definition) is 4. The Balaban J connectivity index is 3.00. The van der Waals surface area contributed by atoms with Crippen LogP contribution < -0.4 is 10.5 Å². The van der Waals surface area contributed by atoms with Gasteiger partial charge in [-0.2, -0.15) is 4.72 Å². The first-order valence-electron chi connectivity index (χ1n) is 4.88. The Morgan fingerprint density at radius 3 is 2.65 bits per heavy atom. The molecule has 6 nitrogen and oxygen atoms in total. The van der Waals surface area contributed by atoms with Crippen molar-refractivity contribution in [3.05, 3.63) is 29.8 Å². The molecule has 1 aromatic carbocycles. The molecule has 0 saturated carbocycles. The van der Waals surface area contributed by atoms with E-state index in [9.17, 15) is 13.2 Å². The molecule has 1 unspecified atom stereocenters. The third-order valence-corrected chi connectivity index (χ3v) is 3.60. The number of rotatable bonds is 5. The van der Waals surface area contributed by atoms with Crippen LogP contribution in [0.4, 0.5) is 0 Å². The Bertz CT molecular complexity index is 513. The van der Waals surface area contributed by atoms with Crippen LogP contribution in [0.15, 0.2) is 29.2 Å². The third kappa shape index (κ3) is 3.52. The number of hydrogen-bond donors (Lipinski definition) is 3. The summed E-state index contributed by atoms with van der Waals surface area (Å²) in [4.78, 5) is 10.7. The van der Waals surface area contributed by atoms with E-state index in [2.05, 4.69) is 0 Å². The number of benzene rings is 1. The largest absolute Gasteiger partial charge is 0.480 e. The van der Waals surface area contributed by atoms with Crippen molar-refractivity contribution in [2.45, 2.75) is 17.9 Å². The van der Waals surface area contributed by atoms with Crippen LogP contribution in [0, 0.1) is 6.92 Å². The van der Waals surface area contributed by atoms with Gasteiger partial charge in [0.05, 0.1) is 4.90 Å². The molecule has 0 fully saturated rings. The molecule has 1 aromatic rings. The monoisotopic (exact) mass is 258 g/mol. The Hall–Kier alpha value is -1.44. The molecule has 0 heterocycles. The van der Waals surface area contributed by atoms with Crippen molar-refractivity contribution in [3.8, 4) is 0 Å². The van der Waals surface area contributed by atoms with E-state index in [0.29, 0.717) is 0 Å². The molecule has 1 atom stereocenters. The Labute approximate surface area is 99.5 Å². The van der Waals surface area contributed by atoms with Gasteiger partial charge in [-0.15, -0.1) is 0 Å². The molecule has 0 saturated heterocycles. The topological polar surface area (TPSA) is 109 Å². The standard InChI is InChI=1S/C10H14N2O4S/c1-7-3-2-4-8(5-7)17(15,16)12-9(6-11)10(13)14/h2-5,9,12H,6,11H2,1H3,(H,13,14). The van der Waals surface area contributed by atoms with Gasteiger partial charge in [0, 0.05) is 6.54 Å². The number of carboxylic acids is 1. The summed E-state index contributed by atoms with van der Waals surface area (Å²) in [5.41, 5.74) is 5.95. The SMILES string of the molecule is Cc1cccc(S(=O)(=O)NC(CN)C(=O)O)c1. The fourth-order valence-electron chi connectivity index (χ4n) is 1.24. The minimum Gasteiger partial charge on any atom is -0.480 e. The fourth-order valence-corrected chi connectivity index (χ4v) is 2.54. The number of nitrogens with one attached hydrogen (secondary N) is 1. The predicted molar refractivity (Wildman–Crippen MR) is 62.0 cm³/mol. The van der Waals surface area contributed by atoms with Gasteiger partial charge in [-0.25, -0.2) is 8.42 Å². The molecule has 0 aliphatic rings. The highest BCUT2D eigenvalue weighted by molar-refractivity contribution is 7.89. The summed E-state index contributed by atoms with van der Waals surface area (Å²) in [5, 5.41) is 8.73. The zero-order valence-electron chi connectivity index (χ0n) is 9.25. The molecule has 0 aliphatic carbocycles. The first-order chi connectivity index (χ1) is 7.86. The molecule has 0 spiro atoms. The number of aliphatic carboxylic acids is 1. The zero-order valence-corrected chi connectivity index (χ0v) is 10.1. The van der Waals surface area contributed by atoms with Gasteiger partial charge >= 0.3 is 5.97 Å². The second-order valence-corrected chi connectivity index (χ2v) is 5.28. The second-order valence-electron chi connectivity index (χ2n) is 3.56. The maximum Gasteiger partial charge on any atom is 0.323 e. The van der Waals surface area contributed by atoms with Crippen molar-refractivity contribution in [3.63, 3.8) is 0 Å². The lowest BCUT2D eigenvalue weighted by Gasteiger charge is -2.12. The summed E-state index contributed by atoms with van der Waals surface area (Å²) in [7, 11) is -3.85. The number of carboxylic acid groups (broad SMARTS) is 1. The highest BCUT2D eigenvalue weighted by atomic mass is 32.2. The molecule has 0 amide bonds. The zero-order chi connectivity index (χ0) is 13.1. The van der Waals surface area contributed by atoms with Crippen molar-refractivity contribution >= 4 is 16.0 Å². The van der Waals surface area contributed by atoms with E-state index in [1.165, 1.54) is 12.1 Å². The van der Waals surface area contributed by atoms with E-state index in [0.717, 1.165) is 5.56 Å². The lowest BCUT2D eigenvalue weighted by Crippen LogP contribution is -2.45. The van der Waals surface area contributed by atoms with Gasteiger partial charge < -0.3 is 10.8 Å². The molecule has 7 heteroatoms. The average molecular weight is 258 g/mol. The summed E-state index contributed by atoms with van der Waals surface area (Å²) >= 11 is 0. The number of nitrogens with two attached hydrogens (primary N) is 1. The van der Waals surface area contributed by atoms with Crippen LogP contribution >= 0.6 is 0 Å². The highest BCUT2D eigenvalue weighted by Gasteiger charge is 2.23. The summed E-state index contributed by atoms with van der Waals surface area (Å²) in [6.45, 7) is 1.44. The van der Waals surface area contributed by atoms with E-state index in [-0.39, 0.29) is 11.4 Å². The van der Waals surface area contributed by atoms with Crippen molar-refractivity contribution in [1.29, 1.82) is 0 Å². The van der Waals surface area contributed by atoms with Crippen molar-refractivity contribution in [2.24, 2.45) is 5.73 Å². The van der Waals surface area contributed by atoms with Crippen LogP contribution in [0.1, 0.15) is 5.56 Å². The lowest BCUT2D eigenvalue weighted by atomic mass is 10.2. The summed E-state index contributed by atoms with van der Waals surface area (Å²) in [5.74, 6) is -1.30. The maximum absolute atomic E-state index is 11.8. The van der Waals surface area contributed by atoms with Crippen molar-refractivity contribution in [2.75, 3.05) is 6.54 Å². The van der Waals surface area contributed by atoms with Crippen LogP contribution in [0.2, 0.25) is 0 Å². The first-order valence-corrected chi connectivity index (χ1v) is 6.37. The normalized spacial score (nSPS) is 13.3. The summed E-state index contributed by atoms with van der Waals surface area (Å²) in [6.07, 6.45) is 0. The van der Waals surface area contributed by atoms with Crippen molar-refractivity contribution < 1.29 is 18.3 Å². The fraction of sp³-hybridized carbons (Fsp3) is 0.300. The van der Waals surface area contributed by atoms with Crippen LogP contribution in [0.25, 0.3) is 0 Å². The molecule has 0 aliphatic heterocycles. The molecule has 0 aromatic heterocycles. The van der Waals surface area contributed by atoms with E-state index in [4.69, 9.17) is 10.8 Å². The lowest BCUT2D eigenvalue weighted by molar-refractivity contribution is -0.138. The number of sulfonamides is 1. The quantitative estimate of drug-likeness (QED) is 0.671. The summed E-state index contributed by atoms with van der Waals surface area (Å²) < 4.78 is 25.7. The molecular weight excluding hydrogens is 244 g/mol. The number of carbonyl (C=O) groups is 1. The number of aryl methyl sites for hydroxylation is 1. The average Bonchev–Trinajstić information content (AvgIpc) is 2.25. The van der Waals surface area contributed by atoms with Crippen molar-refractivity contribution in [1.82, 2.24) is 4.72 Å². The van der Waals surface area contributed by atoms with E-state index in [1.807, 2.05) is 4.72 Å². The van der Waals surface area contributed by atoms with Gasteiger partial charge in [0.2, 0.25) is 10.0 Å². The van der Waals surface area contributed by atoms with E-state index >= 15 is 0 Å². The Morgan fingerprint density at radius 1 is 1.53 bits per heavy atom. The maximum atomic E-state index is 11.8. The molecule has 4 N–H and O–H groups in total. The molecule has 94 valence electrons. The minimum atomic E-state index is -3.85. The van der Waals surface area contributed by atoms with Gasteiger partial charge in [-0.05, 0) is 24.6 Å². The van der Waals surface area contributed by atoms with Gasteiger partial charge in [0.1, 0.15) is 6.04 Å². The third-order valence-electron chi connectivity index (χ3n) is 2.13. The molecule has 0 bridgehead atoms. The van der Waals surface area contributed by atoms with E-state index in [1.54, 1.807) is 19.1 Å². The van der Waals surface area contributed by atoms with Gasteiger partial charge in [-0.1, -0.05) is 12.1 Å². The van der Waals surface area contributed by atoms with Crippen LogP contribution in [0.5, 0.6) is 0 Å². The smallest absolute Gasteiger partial charge is 0.323 e. The molecule has 17 heavy (non-hydrogen) atoms. The second kappa shape index (κ2) is 5.26. The first kappa shape index (κ1) is 13.6. The van der Waals surface area contributed by atoms with Gasteiger partial charge in [0.15, 0.2) is 0 Å². The van der Waals surface area contributed by atoms with Gasteiger partial charge in [0.25, 0.3) is 0 Å². The molecular formula is C10H14N2O4S. The summed E-state index contributed by atoms with van der Waals surface area (Å²) in [6, 6.07) is 4.86. The van der Waals surface area contributed by atoms with Crippen LogP contribution in [-0.4, -0.2) is 32.1 Å². The van der Waals surface area contributed by atoms with E-state index < -0.39 is 22.0 Å². The minimum absolute atomic E-state index is 0.0252. The van der Waals surface area contributed by atoms with Crippen LogP contribution in [-0.2, 0) is 14.8 Å². The van der Waals surface area contributed by atoms with Gasteiger partial charge in [-0.3, -0.25) is 4.79 Å². The highest BCUT2D eigenvalue weighted by Crippen LogP contribution is 2.11. The molecule has 0 radical (unpaired) electrons. The molecule has 1 rings (SSSR count). The Kier molecular flexibility index (Phi) is 4.22. The Morgan fingerprint density at radius 2 is 2.18 bits per heavy atom. The van der Waals surface area contributed by atoms with Crippen LogP contribution in [0.3, 0.4) is 0 Å². The predicted octanol–water partition coefficient (Wildman–Crippen LogP) is -0.315.